The van der Waals surface area contributed by atoms with Crippen LogP contribution in [0.5, 0.6) is 0 Å². The van der Waals surface area contributed by atoms with Crippen LogP contribution in [0.2, 0.25) is 0 Å². The summed E-state index contributed by atoms with van der Waals surface area (Å²) in [5.74, 6) is 0.948. The molecule has 25 heavy (non-hydrogen) atoms. The van der Waals surface area contributed by atoms with Gasteiger partial charge < -0.3 is 15.5 Å². The summed E-state index contributed by atoms with van der Waals surface area (Å²) >= 11 is 6.80. The summed E-state index contributed by atoms with van der Waals surface area (Å²) in [7, 11) is 0. The van der Waals surface area contributed by atoms with Gasteiger partial charge in [0.15, 0.2) is 0 Å². The molecular formula is C18H19N5S2. The highest BCUT2D eigenvalue weighted by atomic mass is 32.2. The standard InChI is InChI=1S/C18H19N5S2/c24-18-21-10-15(25-18)9-13-2-1-3-14(8-13)16-11-20-12-17(22-16)23-6-4-19-5-7-23/h1-3,8-9,11-12,19H,4-7,10H2,(H,21,24). The lowest BCUT2D eigenvalue weighted by molar-refractivity contribution is 0.584. The zero-order valence-electron chi connectivity index (χ0n) is 13.7. The van der Waals surface area contributed by atoms with Crippen molar-refractivity contribution in [3.63, 3.8) is 0 Å². The molecule has 1 aromatic heterocycles. The second-order valence-electron chi connectivity index (χ2n) is 5.98. The molecule has 1 aromatic carbocycles. The SMILES string of the molecule is S=C1NCC(=Cc2cccc(-c3cncc(N4CCNCC4)n3)c2)S1. The van der Waals surface area contributed by atoms with E-state index in [1.54, 1.807) is 11.8 Å². The van der Waals surface area contributed by atoms with E-state index in [1.807, 2.05) is 12.4 Å². The first-order valence-corrected chi connectivity index (χ1v) is 9.55. The summed E-state index contributed by atoms with van der Waals surface area (Å²) in [6.45, 7) is 4.72. The molecular weight excluding hydrogens is 350 g/mol. The molecule has 3 heterocycles. The molecule has 0 aliphatic carbocycles. The van der Waals surface area contributed by atoms with Gasteiger partial charge in [0.25, 0.3) is 0 Å². The van der Waals surface area contributed by atoms with E-state index in [0.717, 1.165) is 59.7 Å². The van der Waals surface area contributed by atoms with Crippen molar-refractivity contribution in [1.29, 1.82) is 0 Å². The van der Waals surface area contributed by atoms with Gasteiger partial charge in [-0.15, -0.1) is 0 Å². The van der Waals surface area contributed by atoms with E-state index in [2.05, 4.69) is 50.9 Å². The Morgan fingerprint density at radius 1 is 1.20 bits per heavy atom. The third-order valence-electron chi connectivity index (χ3n) is 4.20. The van der Waals surface area contributed by atoms with Gasteiger partial charge in [0.1, 0.15) is 10.1 Å². The lowest BCUT2D eigenvalue weighted by atomic mass is 10.1. The predicted octanol–water partition coefficient (Wildman–Crippen LogP) is 2.52. The van der Waals surface area contributed by atoms with Crippen molar-refractivity contribution in [2.24, 2.45) is 0 Å². The molecule has 0 radical (unpaired) electrons. The number of hydrogen-bond donors (Lipinski definition) is 2. The smallest absolute Gasteiger partial charge is 0.147 e. The third kappa shape index (κ3) is 4.00. The van der Waals surface area contributed by atoms with E-state index in [0.29, 0.717) is 0 Å². The molecule has 0 atom stereocenters. The highest BCUT2D eigenvalue weighted by Crippen LogP contribution is 2.26. The van der Waals surface area contributed by atoms with E-state index in [4.69, 9.17) is 17.2 Å². The Morgan fingerprint density at radius 2 is 2.08 bits per heavy atom. The average Bonchev–Trinajstić information content (AvgIpc) is 3.07. The Hall–Kier alpha value is -1.96. The van der Waals surface area contributed by atoms with Gasteiger partial charge in [-0.25, -0.2) is 4.98 Å². The zero-order chi connectivity index (χ0) is 17.1. The number of rotatable bonds is 3. The maximum absolute atomic E-state index is 5.17. The molecule has 2 fully saturated rings. The molecule has 4 rings (SSSR count). The van der Waals surface area contributed by atoms with Gasteiger partial charge in [0.2, 0.25) is 0 Å². The Balaban J connectivity index is 1.59. The van der Waals surface area contributed by atoms with Crippen LogP contribution in [0.3, 0.4) is 0 Å². The maximum atomic E-state index is 5.17. The molecule has 2 aromatic rings. The van der Waals surface area contributed by atoms with E-state index in [9.17, 15) is 0 Å². The molecule has 7 heteroatoms. The largest absolute Gasteiger partial charge is 0.366 e. The second kappa shape index (κ2) is 7.51. The second-order valence-corrected chi connectivity index (χ2v) is 7.78. The van der Waals surface area contributed by atoms with E-state index < -0.39 is 0 Å². The van der Waals surface area contributed by atoms with Crippen LogP contribution < -0.4 is 15.5 Å². The molecule has 0 spiro atoms. The van der Waals surface area contributed by atoms with Crippen LogP contribution in [0.25, 0.3) is 17.3 Å². The third-order valence-corrected chi connectivity index (χ3v) is 5.45. The molecule has 2 aliphatic heterocycles. The molecule has 0 amide bonds. The van der Waals surface area contributed by atoms with E-state index in [-0.39, 0.29) is 0 Å². The van der Waals surface area contributed by atoms with Gasteiger partial charge in [-0.2, -0.15) is 0 Å². The minimum Gasteiger partial charge on any atom is -0.366 e. The van der Waals surface area contributed by atoms with Gasteiger partial charge in [-0.1, -0.05) is 42.2 Å². The summed E-state index contributed by atoms with van der Waals surface area (Å²) in [5, 5.41) is 6.54. The quantitative estimate of drug-likeness (QED) is 0.806. The van der Waals surface area contributed by atoms with Crippen molar-refractivity contribution in [3.8, 4) is 11.3 Å². The average molecular weight is 370 g/mol. The maximum Gasteiger partial charge on any atom is 0.147 e. The first-order chi connectivity index (χ1) is 12.3. The van der Waals surface area contributed by atoms with Gasteiger partial charge in [0.05, 0.1) is 18.1 Å². The van der Waals surface area contributed by atoms with Crippen LogP contribution >= 0.6 is 24.0 Å². The van der Waals surface area contributed by atoms with Crippen LogP contribution in [0.4, 0.5) is 5.82 Å². The van der Waals surface area contributed by atoms with Crippen LogP contribution in [0.1, 0.15) is 5.56 Å². The number of thiocarbonyl (C=S) groups is 1. The van der Waals surface area contributed by atoms with Gasteiger partial charge in [-0.05, 0) is 17.7 Å². The fraction of sp³-hybridized carbons (Fsp3) is 0.278. The zero-order valence-corrected chi connectivity index (χ0v) is 15.4. The predicted molar refractivity (Wildman–Crippen MR) is 109 cm³/mol. The Bertz CT molecular complexity index is 815. The molecule has 0 unspecified atom stereocenters. The van der Waals surface area contributed by atoms with Gasteiger partial charge in [0, 0.05) is 43.2 Å². The van der Waals surface area contributed by atoms with Gasteiger partial charge >= 0.3 is 0 Å². The minimum atomic E-state index is 0.812. The van der Waals surface area contributed by atoms with Crippen molar-refractivity contribution in [2.75, 3.05) is 37.6 Å². The summed E-state index contributed by atoms with van der Waals surface area (Å²) < 4.78 is 0.844. The van der Waals surface area contributed by atoms with E-state index >= 15 is 0 Å². The molecule has 2 aliphatic rings. The summed E-state index contributed by atoms with van der Waals surface area (Å²) in [6, 6.07) is 8.40. The van der Waals surface area contributed by atoms with Crippen molar-refractivity contribution < 1.29 is 0 Å². The molecule has 2 N–H and O–H groups in total. The van der Waals surface area contributed by atoms with Crippen molar-refractivity contribution >= 4 is 40.2 Å². The first kappa shape index (κ1) is 16.5. The number of nitrogens with zero attached hydrogens (tertiary/aromatic N) is 3. The number of thioether (sulfide) groups is 1. The number of benzene rings is 1. The van der Waals surface area contributed by atoms with Crippen molar-refractivity contribution in [3.05, 3.63) is 47.1 Å². The molecule has 2 saturated heterocycles. The number of aromatic nitrogens is 2. The fourth-order valence-corrected chi connectivity index (χ4v) is 4.06. The summed E-state index contributed by atoms with van der Waals surface area (Å²) in [5.41, 5.74) is 3.14. The van der Waals surface area contributed by atoms with Crippen molar-refractivity contribution in [1.82, 2.24) is 20.6 Å². The molecule has 5 nitrogen and oxygen atoms in total. The number of piperazine rings is 1. The molecule has 128 valence electrons. The van der Waals surface area contributed by atoms with E-state index in [1.165, 1.54) is 4.91 Å². The first-order valence-electron chi connectivity index (χ1n) is 8.32. The van der Waals surface area contributed by atoms with Gasteiger partial charge in [-0.3, -0.25) is 4.98 Å². The van der Waals surface area contributed by atoms with Crippen LogP contribution in [0.15, 0.2) is 41.6 Å². The topological polar surface area (TPSA) is 53.1 Å². The number of anilines is 1. The highest BCUT2D eigenvalue weighted by Gasteiger charge is 2.14. The Kier molecular flexibility index (Phi) is 4.96. The van der Waals surface area contributed by atoms with Crippen molar-refractivity contribution in [2.45, 2.75) is 0 Å². The minimum absolute atomic E-state index is 0.812. The lowest BCUT2D eigenvalue weighted by Crippen LogP contribution is -2.43. The van der Waals surface area contributed by atoms with Crippen LogP contribution in [-0.4, -0.2) is 47.0 Å². The molecule has 0 saturated carbocycles. The van der Waals surface area contributed by atoms with Crippen LogP contribution in [0, 0.1) is 0 Å². The number of hydrogen-bond acceptors (Lipinski definition) is 6. The summed E-state index contributed by atoms with van der Waals surface area (Å²) in [4.78, 5) is 12.8. The summed E-state index contributed by atoms with van der Waals surface area (Å²) in [6.07, 6.45) is 5.86. The monoisotopic (exact) mass is 369 g/mol. The molecule has 0 bridgehead atoms. The Morgan fingerprint density at radius 3 is 2.88 bits per heavy atom. The highest BCUT2D eigenvalue weighted by molar-refractivity contribution is 8.26. The van der Waals surface area contributed by atoms with Crippen LogP contribution in [-0.2, 0) is 0 Å². The fourth-order valence-electron chi connectivity index (χ4n) is 2.95. The lowest BCUT2D eigenvalue weighted by Gasteiger charge is -2.28. The Labute approximate surface area is 156 Å². The number of nitrogens with one attached hydrogen (secondary N) is 2. The normalized spacial score (nSPS) is 19.3.